The van der Waals surface area contributed by atoms with Crippen molar-refractivity contribution < 1.29 is 9.90 Å². The summed E-state index contributed by atoms with van der Waals surface area (Å²) >= 11 is 12.5. The number of nitrogens with one attached hydrogen (secondary N) is 1. The molecule has 0 saturated carbocycles. The van der Waals surface area contributed by atoms with Crippen LogP contribution in [0.25, 0.3) is 0 Å². The Bertz CT molecular complexity index is 743. The number of benzene rings is 2. The lowest BCUT2D eigenvalue weighted by atomic mass is 10.1. The number of rotatable bonds is 3. The van der Waals surface area contributed by atoms with Gasteiger partial charge in [-0.05, 0) is 42.8 Å². The van der Waals surface area contributed by atoms with Crippen molar-refractivity contribution in [3.63, 3.8) is 0 Å². The van der Waals surface area contributed by atoms with E-state index in [4.69, 9.17) is 11.6 Å². The first-order valence-corrected chi connectivity index (χ1v) is 8.12. The minimum absolute atomic E-state index is 0.0736. The van der Waals surface area contributed by atoms with Crippen LogP contribution in [0.1, 0.15) is 21.5 Å². The molecular weight excluding hydrogens is 435 g/mol. The lowest BCUT2D eigenvalue weighted by molar-refractivity contribution is 0.0955. The molecule has 0 atom stereocenters. The second kappa shape index (κ2) is 7.26. The normalized spacial score (nSPS) is 10.9. The summed E-state index contributed by atoms with van der Waals surface area (Å²) in [7, 11) is 0. The van der Waals surface area contributed by atoms with E-state index in [1.54, 1.807) is 24.3 Å². The fourth-order valence-electron chi connectivity index (χ4n) is 1.77. The van der Waals surface area contributed by atoms with Gasteiger partial charge in [-0.25, -0.2) is 5.43 Å². The first-order valence-electron chi connectivity index (χ1n) is 6.15. The van der Waals surface area contributed by atoms with Crippen molar-refractivity contribution in [1.29, 1.82) is 0 Å². The predicted octanol–water partition coefficient (Wildman–Crippen LogP) is 4.64. The second-order valence-electron chi connectivity index (χ2n) is 4.54. The zero-order valence-corrected chi connectivity index (χ0v) is 15.3. The van der Waals surface area contributed by atoms with Crippen molar-refractivity contribution >= 4 is 55.6 Å². The van der Waals surface area contributed by atoms with Gasteiger partial charge in [0, 0.05) is 20.1 Å². The van der Waals surface area contributed by atoms with Crippen molar-refractivity contribution in [3.8, 4) is 5.75 Å². The summed E-state index contributed by atoms with van der Waals surface area (Å²) in [6, 6.07) is 8.54. The number of carbonyl (C=O) groups is 1. The molecular formula is C15H11Br2ClN2O2. The number of phenols is 1. The summed E-state index contributed by atoms with van der Waals surface area (Å²) < 4.78 is 1.55. The lowest BCUT2D eigenvalue weighted by Crippen LogP contribution is -2.17. The average Bonchev–Trinajstić information content (AvgIpc) is 2.42. The molecule has 4 nitrogen and oxygen atoms in total. The van der Waals surface area contributed by atoms with Gasteiger partial charge in [-0.1, -0.05) is 43.5 Å². The van der Waals surface area contributed by atoms with Gasteiger partial charge < -0.3 is 5.11 Å². The quantitative estimate of drug-likeness (QED) is 0.533. The van der Waals surface area contributed by atoms with E-state index in [1.165, 1.54) is 6.21 Å². The number of amides is 1. The van der Waals surface area contributed by atoms with Gasteiger partial charge in [-0.2, -0.15) is 5.10 Å². The van der Waals surface area contributed by atoms with Crippen molar-refractivity contribution in [1.82, 2.24) is 5.43 Å². The fraction of sp³-hybridized carbons (Fsp3) is 0.0667. The summed E-state index contributed by atoms with van der Waals surface area (Å²) in [5.41, 5.74) is 4.16. The smallest absolute Gasteiger partial charge is 0.271 e. The maximum atomic E-state index is 12.0. The first kappa shape index (κ1) is 17.0. The summed E-state index contributed by atoms with van der Waals surface area (Å²) in [6.45, 7) is 1.85. The third kappa shape index (κ3) is 4.32. The van der Waals surface area contributed by atoms with Crippen LogP contribution in [0.3, 0.4) is 0 Å². The third-order valence-electron chi connectivity index (χ3n) is 2.73. The van der Waals surface area contributed by atoms with Gasteiger partial charge >= 0.3 is 0 Å². The van der Waals surface area contributed by atoms with Crippen LogP contribution in [0.2, 0.25) is 5.02 Å². The highest BCUT2D eigenvalue weighted by atomic mass is 79.9. The number of nitrogens with zero attached hydrogens (tertiary/aromatic N) is 1. The van der Waals surface area contributed by atoms with Gasteiger partial charge in [0.15, 0.2) is 0 Å². The van der Waals surface area contributed by atoms with Crippen LogP contribution >= 0.6 is 43.5 Å². The summed E-state index contributed by atoms with van der Waals surface area (Å²) in [4.78, 5) is 12.0. The van der Waals surface area contributed by atoms with Crippen LogP contribution in [-0.4, -0.2) is 17.2 Å². The number of phenolic OH excluding ortho intramolecular Hbond substituents is 1. The molecule has 2 rings (SSSR count). The molecule has 22 heavy (non-hydrogen) atoms. The van der Waals surface area contributed by atoms with E-state index in [2.05, 4.69) is 42.4 Å². The molecule has 7 heteroatoms. The minimum atomic E-state index is -0.364. The Morgan fingerprint density at radius 3 is 2.50 bits per heavy atom. The van der Waals surface area contributed by atoms with Crippen molar-refractivity contribution in [2.75, 3.05) is 0 Å². The number of halogens is 3. The van der Waals surface area contributed by atoms with E-state index in [9.17, 15) is 9.90 Å². The van der Waals surface area contributed by atoms with E-state index in [1.807, 2.05) is 13.0 Å². The Morgan fingerprint density at radius 1 is 1.23 bits per heavy atom. The molecule has 0 radical (unpaired) electrons. The molecule has 114 valence electrons. The Hall–Kier alpha value is -1.37. The van der Waals surface area contributed by atoms with E-state index in [0.717, 1.165) is 14.5 Å². The minimum Gasteiger partial charge on any atom is -0.506 e. The predicted molar refractivity (Wildman–Crippen MR) is 94.8 cm³/mol. The Balaban J connectivity index is 2.14. The van der Waals surface area contributed by atoms with Crippen LogP contribution in [0, 0.1) is 6.92 Å². The molecule has 2 N–H and O–H groups in total. The monoisotopic (exact) mass is 444 g/mol. The van der Waals surface area contributed by atoms with Crippen LogP contribution < -0.4 is 5.43 Å². The topological polar surface area (TPSA) is 61.7 Å². The molecule has 2 aromatic rings. The number of aromatic hydroxyl groups is 1. The van der Waals surface area contributed by atoms with Gasteiger partial charge in [0.2, 0.25) is 0 Å². The molecule has 0 spiro atoms. The Morgan fingerprint density at radius 2 is 1.86 bits per heavy atom. The third-order valence-corrected chi connectivity index (χ3v) is 3.94. The SMILES string of the molecule is Cc1cc(Cl)c(O)c(/C=N/NC(=O)c2cc(Br)cc(Br)c2)c1. The van der Waals surface area contributed by atoms with E-state index in [0.29, 0.717) is 11.1 Å². The van der Waals surface area contributed by atoms with Crippen LogP contribution in [-0.2, 0) is 0 Å². The van der Waals surface area contributed by atoms with E-state index in [-0.39, 0.29) is 16.7 Å². The summed E-state index contributed by atoms with van der Waals surface area (Å²) in [5.74, 6) is -0.438. The maximum Gasteiger partial charge on any atom is 0.271 e. The Labute approximate surface area is 149 Å². The molecule has 2 aromatic carbocycles. The highest BCUT2D eigenvalue weighted by Gasteiger charge is 2.08. The van der Waals surface area contributed by atoms with Gasteiger partial charge in [-0.3, -0.25) is 4.79 Å². The molecule has 1 amide bonds. The second-order valence-corrected chi connectivity index (χ2v) is 6.78. The van der Waals surface area contributed by atoms with Crippen LogP contribution in [0.4, 0.5) is 0 Å². The molecule has 0 saturated heterocycles. The molecule has 0 heterocycles. The zero-order chi connectivity index (χ0) is 16.3. The summed E-state index contributed by atoms with van der Waals surface area (Å²) in [5, 5.41) is 13.9. The van der Waals surface area contributed by atoms with Crippen molar-refractivity contribution in [3.05, 3.63) is 61.0 Å². The fourth-order valence-corrected chi connectivity index (χ4v) is 3.34. The van der Waals surface area contributed by atoms with Gasteiger partial charge in [-0.15, -0.1) is 0 Å². The molecule has 0 aliphatic rings. The highest BCUT2D eigenvalue weighted by molar-refractivity contribution is 9.11. The first-order chi connectivity index (χ1) is 10.4. The van der Waals surface area contributed by atoms with Gasteiger partial charge in [0.25, 0.3) is 5.91 Å². The number of hydrogen-bond acceptors (Lipinski definition) is 3. The number of carbonyl (C=O) groups excluding carboxylic acids is 1. The molecule has 0 unspecified atom stereocenters. The molecule has 0 aliphatic heterocycles. The molecule has 0 aromatic heterocycles. The van der Waals surface area contributed by atoms with E-state index < -0.39 is 0 Å². The average molecular weight is 447 g/mol. The number of aryl methyl sites for hydroxylation is 1. The van der Waals surface area contributed by atoms with Gasteiger partial charge in [0.05, 0.1) is 11.2 Å². The highest BCUT2D eigenvalue weighted by Crippen LogP contribution is 2.27. The number of hydrogen-bond donors (Lipinski definition) is 2. The molecule has 0 bridgehead atoms. The van der Waals surface area contributed by atoms with Crippen LogP contribution in [0.5, 0.6) is 5.75 Å². The van der Waals surface area contributed by atoms with Crippen molar-refractivity contribution in [2.24, 2.45) is 5.10 Å². The maximum absolute atomic E-state index is 12.0. The Kier molecular flexibility index (Phi) is 5.61. The number of hydrazone groups is 1. The molecule has 0 aliphatic carbocycles. The van der Waals surface area contributed by atoms with Crippen molar-refractivity contribution in [2.45, 2.75) is 6.92 Å². The molecule has 0 fully saturated rings. The van der Waals surface area contributed by atoms with Crippen LogP contribution in [0.15, 0.2) is 44.4 Å². The largest absolute Gasteiger partial charge is 0.506 e. The summed E-state index contributed by atoms with van der Waals surface area (Å²) in [6.07, 6.45) is 1.35. The standard InChI is InChI=1S/C15H11Br2ClN2O2/c1-8-2-10(14(21)13(18)3-8)7-19-20-15(22)9-4-11(16)6-12(17)5-9/h2-7,21H,1H3,(H,20,22)/b19-7+. The zero-order valence-electron chi connectivity index (χ0n) is 11.4. The van der Waals surface area contributed by atoms with E-state index >= 15 is 0 Å². The lowest BCUT2D eigenvalue weighted by Gasteiger charge is -2.04. The van der Waals surface area contributed by atoms with Gasteiger partial charge in [0.1, 0.15) is 5.75 Å².